The van der Waals surface area contributed by atoms with E-state index in [4.69, 9.17) is 9.47 Å². The van der Waals surface area contributed by atoms with E-state index < -0.39 is 0 Å². The zero-order valence-corrected chi connectivity index (χ0v) is 18.5. The molecule has 158 valence electrons. The molecule has 0 N–H and O–H groups in total. The van der Waals surface area contributed by atoms with Crippen LogP contribution in [0, 0.1) is 17.8 Å². The van der Waals surface area contributed by atoms with Crippen molar-refractivity contribution in [3.63, 3.8) is 0 Å². The highest BCUT2D eigenvalue weighted by Crippen LogP contribution is 2.37. The van der Waals surface area contributed by atoms with Gasteiger partial charge in [0.05, 0.1) is 13.2 Å². The van der Waals surface area contributed by atoms with Gasteiger partial charge in [0.15, 0.2) is 0 Å². The van der Waals surface area contributed by atoms with Crippen molar-refractivity contribution in [2.75, 3.05) is 13.2 Å². The zero-order valence-electron chi connectivity index (χ0n) is 18.5. The molecule has 0 spiro atoms. The maximum atomic E-state index is 6.04. The molecule has 0 heterocycles. The first kappa shape index (κ1) is 21.7. The summed E-state index contributed by atoms with van der Waals surface area (Å²) in [5.74, 6) is 4.23. The van der Waals surface area contributed by atoms with E-state index in [-0.39, 0.29) is 0 Å². The lowest BCUT2D eigenvalue weighted by atomic mass is 9.73. The lowest BCUT2D eigenvalue weighted by Crippen LogP contribution is -2.28. The number of benzene rings is 2. The Bertz CT molecular complexity index is 698. The molecule has 1 fully saturated rings. The Labute approximate surface area is 177 Å². The predicted molar refractivity (Wildman–Crippen MR) is 123 cm³/mol. The van der Waals surface area contributed by atoms with E-state index in [1.165, 1.54) is 49.7 Å². The van der Waals surface area contributed by atoms with Gasteiger partial charge in [0, 0.05) is 0 Å². The third-order valence-corrected chi connectivity index (χ3v) is 6.31. The van der Waals surface area contributed by atoms with Crippen molar-refractivity contribution >= 4 is 0 Å². The lowest BCUT2D eigenvalue weighted by Gasteiger charge is -2.35. The first-order valence-corrected chi connectivity index (χ1v) is 11.6. The number of hydrogen-bond donors (Lipinski definition) is 0. The Morgan fingerprint density at radius 3 is 1.93 bits per heavy atom. The quantitative estimate of drug-likeness (QED) is 0.342. The van der Waals surface area contributed by atoms with Crippen LogP contribution in [-0.2, 0) is 0 Å². The molecule has 2 heteroatoms. The lowest BCUT2D eigenvalue weighted by molar-refractivity contribution is 0.112. The van der Waals surface area contributed by atoms with Gasteiger partial charge >= 0.3 is 0 Å². The number of unbranched alkanes of at least 4 members (excludes halogenated alkanes) is 2. The first-order chi connectivity index (χ1) is 14.2. The van der Waals surface area contributed by atoms with Gasteiger partial charge < -0.3 is 9.47 Å². The Morgan fingerprint density at radius 1 is 0.793 bits per heavy atom. The van der Waals surface area contributed by atoms with Gasteiger partial charge in [-0.3, -0.25) is 0 Å². The molecule has 2 aromatic rings. The maximum absolute atomic E-state index is 6.04. The maximum Gasteiger partial charge on any atom is 0.119 e. The molecule has 1 aliphatic rings. The second-order valence-corrected chi connectivity index (χ2v) is 8.88. The molecule has 1 aliphatic carbocycles. The molecule has 0 unspecified atom stereocenters. The SMILES string of the molecule is CCCCCC1CC(COc2ccc(-c3ccc(OC[C@@H](C)CC)cc3)cc2)C1. The third kappa shape index (κ3) is 6.80. The summed E-state index contributed by atoms with van der Waals surface area (Å²) in [5.41, 5.74) is 2.42. The van der Waals surface area contributed by atoms with Crippen molar-refractivity contribution in [2.45, 2.75) is 65.7 Å². The molecular formula is C27H38O2. The fraction of sp³-hybridized carbons (Fsp3) is 0.556. The second-order valence-electron chi connectivity index (χ2n) is 8.88. The summed E-state index contributed by atoms with van der Waals surface area (Å²) in [4.78, 5) is 0. The van der Waals surface area contributed by atoms with Gasteiger partial charge in [-0.1, -0.05) is 77.1 Å². The molecule has 3 rings (SSSR count). The fourth-order valence-corrected chi connectivity index (χ4v) is 3.99. The summed E-state index contributed by atoms with van der Waals surface area (Å²) >= 11 is 0. The monoisotopic (exact) mass is 394 g/mol. The van der Waals surface area contributed by atoms with Crippen LogP contribution in [0.4, 0.5) is 0 Å². The van der Waals surface area contributed by atoms with Gasteiger partial charge in [0.25, 0.3) is 0 Å². The average molecular weight is 395 g/mol. The Balaban J connectivity index is 1.41. The minimum Gasteiger partial charge on any atom is -0.493 e. The van der Waals surface area contributed by atoms with Gasteiger partial charge in [-0.05, 0) is 66.0 Å². The second kappa shape index (κ2) is 11.3. The molecule has 2 nitrogen and oxygen atoms in total. The largest absolute Gasteiger partial charge is 0.493 e. The molecule has 1 atom stereocenters. The molecule has 0 amide bonds. The van der Waals surface area contributed by atoms with E-state index in [1.807, 2.05) is 0 Å². The van der Waals surface area contributed by atoms with Crippen molar-refractivity contribution < 1.29 is 9.47 Å². The van der Waals surface area contributed by atoms with Crippen molar-refractivity contribution in [3.8, 4) is 22.6 Å². The molecule has 1 saturated carbocycles. The van der Waals surface area contributed by atoms with Gasteiger partial charge in [-0.15, -0.1) is 0 Å². The van der Waals surface area contributed by atoms with E-state index in [0.717, 1.165) is 43.0 Å². The van der Waals surface area contributed by atoms with Crippen LogP contribution in [0.1, 0.15) is 65.7 Å². The van der Waals surface area contributed by atoms with Crippen LogP contribution in [0.25, 0.3) is 11.1 Å². The smallest absolute Gasteiger partial charge is 0.119 e. The highest BCUT2D eigenvalue weighted by atomic mass is 16.5. The van der Waals surface area contributed by atoms with Crippen molar-refractivity contribution in [2.24, 2.45) is 17.8 Å². The average Bonchev–Trinajstić information content (AvgIpc) is 2.73. The first-order valence-electron chi connectivity index (χ1n) is 11.6. The summed E-state index contributed by atoms with van der Waals surface area (Å²) in [6, 6.07) is 16.9. The van der Waals surface area contributed by atoms with Crippen LogP contribution >= 0.6 is 0 Å². The summed E-state index contributed by atoms with van der Waals surface area (Å²) in [7, 11) is 0. The number of ether oxygens (including phenoxy) is 2. The molecule has 0 aliphatic heterocycles. The minimum absolute atomic E-state index is 0.592. The predicted octanol–water partition coefficient (Wildman–Crippen LogP) is 7.76. The van der Waals surface area contributed by atoms with E-state index >= 15 is 0 Å². The highest BCUT2D eigenvalue weighted by Gasteiger charge is 2.28. The van der Waals surface area contributed by atoms with Crippen molar-refractivity contribution in [1.29, 1.82) is 0 Å². The molecule has 2 aromatic carbocycles. The molecule has 29 heavy (non-hydrogen) atoms. The molecule has 0 aromatic heterocycles. The summed E-state index contributed by atoms with van der Waals surface area (Å²) in [6.07, 6.45) is 9.39. The van der Waals surface area contributed by atoms with E-state index in [1.54, 1.807) is 0 Å². The molecule has 0 bridgehead atoms. The number of hydrogen-bond acceptors (Lipinski definition) is 2. The van der Waals surface area contributed by atoms with Crippen molar-refractivity contribution in [3.05, 3.63) is 48.5 Å². The standard InChI is InChI=1S/C27H38O2/c1-4-6-7-8-22-17-23(18-22)20-29-27-15-11-25(12-16-27)24-9-13-26(14-10-24)28-19-21(3)5-2/h9-16,21-23H,4-8,17-20H2,1-3H3/t21-,22?,23?/m0/s1. The topological polar surface area (TPSA) is 18.5 Å². The Kier molecular flexibility index (Phi) is 8.46. The van der Waals surface area contributed by atoms with Gasteiger partial charge in [0.1, 0.15) is 11.5 Å². The van der Waals surface area contributed by atoms with Crippen molar-refractivity contribution in [1.82, 2.24) is 0 Å². The summed E-state index contributed by atoms with van der Waals surface area (Å²) in [6.45, 7) is 8.34. The van der Waals surface area contributed by atoms with Crippen LogP contribution in [0.5, 0.6) is 11.5 Å². The Hall–Kier alpha value is -1.96. The van der Waals surface area contributed by atoms with Crippen LogP contribution in [0.2, 0.25) is 0 Å². The number of rotatable bonds is 12. The van der Waals surface area contributed by atoms with Crippen LogP contribution in [0.3, 0.4) is 0 Å². The normalized spacial score (nSPS) is 19.4. The molecule has 0 saturated heterocycles. The fourth-order valence-electron chi connectivity index (χ4n) is 3.99. The minimum atomic E-state index is 0.592. The molecule has 0 radical (unpaired) electrons. The molecular weight excluding hydrogens is 356 g/mol. The van der Waals surface area contributed by atoms with Gasteiger partial charge in [-0.25, -0.2) is 0 Å². The Morgan fingerprint density at radius 2 is 1.38 bits per heavy atom. The van der Waals surface area contributed by atoms with Crippen LogP contribution < -0.4 is 9.47 Å². The summed E-state index contributed by atoms with van der Waals surface area (Å²) < 4.78 is 11.9. The summed E-state index contributed by atoms with van der Waals surface area (Å²) in [5, 5.41) is 0. The van der Waals surface area contributed by atoms with Crippen LogP contribution in [-0.4, -0.2) is 13.2 Å². The van der Waals surface area contributed by atoms with Gasteiger partial charge in [-0.2, -0.15) is 0 Å². The van der Waals surface area contributed by atoms with E-state index in [0.29, 0.717) is 5.92 Å². The van der Waals surface area contributed by atoms with Crippen LogP contribution in [0.15, 0.2) is 48.5 Å². The van der Waals surface area contributed by atoms with E-state index in [2.05, 4.69) is 69.3 Å². The third-order valence-electron chi connectivity index (χ3n) is 6.31. The highest BCUT2D eigenvalue weighted by molar-refractivity contribution is 5.64. The van der Waals surface area contributed by atoms with E-state index in [9.17, 15) is 0 Å². The zero-order chi connectivity index (χ0) is 20.5. The van der Waals surface area contributed by atoms with Gasteiger partial charge in [0.2, 0.25) is 0 Å².